The van der Waals surface area contributed by atoms with Gasteiger partial charge in [0, 0.05) is 29.1 Å². The molecule has 1 N–H and O–H groups in total. The number of aliphatic imine (C=N–C) groups is 1. The van der Waals surface area contributed by atoms with Crippen molar-refractivity contribution in [2.24, 2.45) is 10.1 Å². The third-order valence-corrected chi connectivity index (χ3v) is 7.19. The molecule has 0 unspecified atom stereocenters. The third-order valence-electron chi connectivity index (χ3n) is 6.24. The molecule has 0 atom stereocenters. The van der Waals surface area contributed by atoms with Gasteiger partial charge in [-0.15, -0.1) is 0 Å². The monoisotopic (exact) mass is 498 g/mol. The Morgan fingerprint density at radius 3 is 2.53 bits per heavy atom. The number of carbonyl (C=O) groups is 1. The van der Waals surface area contributed by atoms with E-state index in [9.17, 15) is 14.9 Å². The first-order valence-corrected chi connectivity index (χ1v) is 12.0. The molecule has 10 heteroatoms. The highest BCUT2D eigenvalue weighted by molar-refractivity contribution is 8.27. The minimum absolute atomic E-state index is 0.00274. The van der Waals surface area contributed by atoms with Crippen molar-refractivity contribution in [3.05, 3.63) is 97.9 Å². The predicted octanol–water partition coefficient (Wildman–Crippen LogP) is 5.29. The summed E-state index contributed by atoms with van der Waals surface area (Å²) < 4.78 is 1.92. The van der Waals surface area contributed by atoms with Crippen molar-refractivity contribution >= 4 is 45.5 Å². The maximum Gasteiger partial charge on any atom is 0.283 e. The molecule has 3 aromatic rings. The number of nitro groups is 1. The minimum Gasteiger partial charge on any atom is -0.317 e. The molecule has 3 heterocycles. The van der Waals surface area contributed by atoms with E-state index in [1.54, 1.807) is 18.2 Å². The zero-order valence-corrected chi connectivity index (χ0v) is 20.9. The van der Waals surface area contributed by atoms with Gasteiger partial charge in [-0.25, -0.2) is 0 Å². The number of aromatic nitrogens is 1. The Balaban J connectivity index is 1.54. The average Bonchev–Trinajstić information content (AvgIpc) is 3.37. The van der Waals surface area contributed by atoms with Gasteiger partial charge in [-0.2, -0.15) is 15.1 Å². The number of nitro benzene ring substituents is 1. The fraction of sp³-hybridized carbons (Fsp3) is 0.154. The lowest BCUT2D eigenvalue weighted by Crippen LogP contribution is -2.35. The Hall–Kier alpha value is -4.31. The number of hydrazone groups is 1. The highest BCUT2D eigenvalue weighted by Gasteiger charge is 2.36. The summed E-state index contributed by atoms with van der Waals surface area (Å²) in [5, 5.41) is 27.1. The molecule has 9 nitrogen and oxygen atoms in total. The second-order valence-corrected chi connectivity index (χ2v) is 9.59. The molecular weight excluding hydrogens is 476 g/mol. The summed E-state index contributed by atoms with van der Waals surface area (Å²) in [5.74, 6) is -0.547. The van der Waals surface area contributed by atoms with Gasteiger partial charge in [0.05, 0.1) is 16.2 Å². The number of rotatable bonds is 4. The van der Waals surface area contributed by atoms with Gasteiger partial charge >= 0.3 is 0 Å². The number of thioether (sulfide) groups is 1. The second kappa shape index (κ2) is 8.72. The molecule has 180 valence electrons. The van der Waals surface area contributed by atoms with Crippen LogP contribution in [0.15, 0.2) is 64.2 Å². The molecular formula is C26H22N6O3S. The Labute approximate surface area is 211 Å². The van der Waals surface area contributed by atoms with Gasteiger partial charge < -0.3 is 4.57 Å². The molecule has 1 aromatic heterocycles. The van der Waals surface area contributed by atoms with E-state index < -0.39 is 10.8 Å². The van der Waals surface area contributed by atoms with Crippen LogP contribution in [0.2, 0.25) is 0 Å². The molecule has 2 aliphatic heterocycles. The smallest absolute Gasteiger partial charge is 0.283 e. The van der Waals surface area contributed by atoms with Crippen LogP contribution in [0.1, 0.15) is 33.6 Å². The highest BCUT2D eigenvalue weighted by atomic mass is 32.2. The molecule has 2 aromatic carbocycles. The van der Waals surface area contributed by atoms with E-state index in [1.165, 1.54) is 22.8 Å². The Kier molecular flexibility index (Phi) is 5.68. The van der Waals surface area contributed by atoms with Crippen LogP contribution in [0.4, 0.5) is 5.69 Å². The van der Waals surface area contributed by atoms with Crippen molar-refractivity contribution in [3.63, 3.8) is 0 Å². The van der Waals surface area contributed by atoms with E-state index in [1.807, 2.05) is 62.6 Å². The number of benzene rings is 2. The number of hydrogen-bond acceptors (Lipinski definition) is 6. The maximum atomic E-state index is 12.9. The van der Waals surface area contributed by atoms with Crippen LogP contribution in [0.3, 0.4) is 0 Å². The number of amides is 1. The molecule has 0 aliphatic carbocycles. The fourth-order valence-electron chi connectivity index (χ4n) is 4.33. The number of aryl methyl sites for hydroxylation is 3. The van der Waals surface area contributed by atoms with Gasteiger partial charge in [-0.1, -0.05) is 30.3 Å². The lowest BCUT2D eigenvalue weighted by atomic mass is 10.1. The van der Waals surface area contributed by atoms with Crippen LogP contribution in [0, 0.1) is 43.2 Å². The van der Waals surface area contributed by atoms with Crippen molar-refractivity contribution in [2.45, 2.75) is 27.7 Å². The van der Waals surface area contributed by atoms with Crippen LogP contribution in [-0.2, 0) is 4.79 Å². The van der Waals surface area contributed by atoms with Gasteiger partial charge in [0.2, 0.25) is 5.17 Å². The van der Waals surface area contributed by atoms with Crippen molar-refractivity contribution < 1.29 is 9.72 Å². The number of nitrogens with one attached hydrogen (secondary N) is 1. The molecule has 2 aliphatic rings. The standard InChI is InChI=1S/C26H22N6O3S/c1-14-7-5-6-8-20(14)25-29-31-23(27)21(24(33)28-26(31)36-25)12-18-11-16(3)30(17(18)4)22-13-19(32(34)35)10-9-15(22)2/h5-13,27H,1-4H3. The van der Waals surface area contributed by atoms with E-state index in [0.29, 0.717) is 15.9 Å². The molecule has 0 bridgehead atoms. The molecule has 0 radical (unpaired) electrons. The van der Waals surface area contributed by atoms with Gasteiger partial charge in [0.15, 0.2) is 5.84 Å². The first-order valence-electron chi connectivity index (χ1n) is 11.2. The Morgan fingerprint density at radius 2 is 1.81 bits per heavy atom. The van der Waals surface area contributed by atoms with Crippen molar-refractivity contribution in [1.29, 1.82) is 5.41 Å². The molecule has 0 fully saturated rings. The summed E-state index contributed by atoms with van der Waals surface area (Å²) in [6.45, 7) is 7.65. The van der Waals surface area contributed by atoms with Gasteiger partial charge in [-0.3, -0.25) is 20.3 Å². The molecule has 0 spiro atoms. The quantitative estimate of drug-likeness (QED) is 0.298. The summed E-state index contributed by atoms with van der Waals surface area (Å²) >= 11 is 1.27. The Morgan fingerprint density at radius 1 is 1.06 bits per heavy atom. The number of carbonyl (C=O) groups excluding carboxylic acids is 1. The first kappa shape index (κ1) is 23.4. The first-order chi connectivity index (χ1) is 17.2. The predicted molar refractivity (Wildman–Crippen MR) is 142 cm³/mol. The fourth-order valence-corrected chi connectivity index (χ4v) is 5.31. The molecule has 0 saturated carbocycles. The number of amidine groups is 2. The molecule has 1 amide bonds. The highest BCUT2D eigenvalue weighted by Crippen LogP contribution is 2.33. The maximum absolute atomic E-state index is 12.9. The van der Waals surface area contributed by atoms with Crippen LogP contribution in [0.5, 0.6) is 0 Å². The van der Waals surface area contributed by atoms with Crippen LogP contribution < -0.4 is 0 Å². The SMILES string of the molecule is Cc1ccccc1C1=NN2C(=N)C(=Cc3cc(C)n(-c4cc([N+](=O)[O-])ccc4C)c3C)C(=O)N=C2S1. The third kappa shape index (κ3) is 3.85. The summed E-state index contributed by atoms with van der Waals surface area (Å²) in [5.41, 5.74) is 6.04. The number of hydrogen-bond donors (Lipinski definition) is 1. The topological polar surface area (TPSA) is 117 Å². The summed E-state index contributed by atoms with van der Waals surface area (Å²) in [6, 6.07) is 14.4. The minimum atomic E-state index is -0.503. The van der Waals surface area contributed by atoms with Crippen molar-refractivity contribution in [2.75, 3.05) is 0 Å². The largest absolute Gasteiger partial charge is 0.317 e. The Bertz CT molecular complexity index is 1580. The summed E-state index contributed by atoms with van der Waals surface area (Å²) in [7, 11) is 0. The van der Waals surface area contributed by atoms with Gasteiger partial charge in [0.25, 0.3) is 11.6 Å². The molecule has 5 rings (SSSR count). The van der Waals surface area contributed by atoms with Crippen molar-refractivity contribution in [1.82, 2.24) is 9.58 Å². The number of non-ortho nitro benzene ring substituents is 1. The van der Waals surface area contributed by atoms with E-state index >= 15 is 0 Å². The molecule has 0 saturated heterocycles. The lowest BCUT2D eigenvalue weighted by molar-refractivity contribution is -0.384. The van der Waals surface area contributed by atoms with Crippen LogP contribution in [0.25, 0.3) is 11.8 Å². The van der Waals surface area contributed by atoms with Crippen LogP contribution in [-0.4, -0.2) is 36.5 Å². The van der Waals surface area contributed by atoms with Crippen LogP contribution >= 0.6 is 11.8 Å². The van der Waals surface area contributed by atoms with E-state index in [4.69, 9.17) is 5.41 Å². The van der Waals surface area contributed by atoms with Gasteiger partial charge in [-0.05, 0) is 68.3 Å². The van der Waals surface area contributed by atoms with E-state index in [0.717, 1.165) is 33.6 Å². The zero-order chi connectivity index (χ0) is 25.7. The summed E-state index contributed by atoms with van der Waals surface area (Å²) in [4.78, 5) is 28.0. The molecule has 36 heavy (non-hydrogen) atoms. The average molecular weight is 499 g/mol. The van der Waals surface area contributed by atoms with Gasteiger partial charge in [0.1, 0.15) is 5.04 Å². The number of nitrogens with zero attached hydrogens (tertiary/aromatic N) is 5. The van der Waals surface area contributed by atoms with Crippen molar-refractivity contribution in [3.8, 4) is 5.69 Å². The number of fused-ring (bicyclic) bond motifs is 1. The van der Waals surface area contributed by atoms with E-state index in [2.05, 4.69) is 10.1 Å². The van der Waals surface area contributed by atoms with E-state index in [-0.39, 0.29) is 17.1 Å². The normalized spacial score (nSPS) is 16.3. The second-order valence-electron chi connectivity index (χ2n) is 8.63. The lowest BCUT2D eigenvalue weighted by Gasteiger charge is -2.20. The summed E-state index contributed by atoms with van der Waals surface area (Å²) in [6.07, 6.45) is 1.64. The zero-order valence-electron chi connectivity index (χ0n) is 20.1.